The number of carbonyl (C=O) groups excluding carboxylic acids is 1. The Labute approximate surface area is 230 Å². The summed E-state index contributed by atoms with van der Waals surface area (Å²) in [6.07, 6.45) is 5.90. The number of carboxylic acids is 1. The van der Waals surface area contributed by atoms with Gasteiger partial charge < -0.3 is 10.4 Å². The monoisotopic (exact) mass is 527 g/mol. The second-order valence-corrected chi connectivity index (χ2v) is 9.62. The normalized spacial score (nSPS) is 11.9. The molecule has 0 radical (unpaired) electrons. The van der Waals surface area contributed by atoms with E-state index in [4.69, 9.17) is 4.98 Å². The van der Waals surface area contributed by atoms with Crippen LogP contribution < -0.4 is 5.32 Å². The first kappa shape index (κ1) is 24.9. The molecule has 0 bridgehead atoms. The van der Waals surface area contributed by atoms with Crippen molar-refractivity contribution in [3.63, 3.8) is 0 Å². The molecule has 0 spiro atoms. The summed E-state index contributed by atoms with van der Waals surface area (Å²) >= 11 is 0. The Bertz CT molecular complexity index is 1860. The summed E-state index contributed by atoms with van der Waals surface area (Å²) in [5.41, 5.74) is 6.38. The number of carboxylic acid groups (broad SMARTS) is 1. The number of rotatable bonds is 7. The zero-order valence-corrected chi connectivity index (χ0v) is 21.7. The third-order valence-corrected chi connectivity index (χ3v) is 6.94. The number of hydrogen-bond acceptors (Lipinski definition) is 5. The fourth-order valence-electron chi connectivity index (χ4n) is 4.83. The number of aromatic nitrogens is 4. The van der Waals surface area contributed by atoms with Crippen molar-refractivity contribution in [1.82, 2.24) is 24.9 Å². The van der Waals surface area contributed by atoms with Crippen LogP contribution in [-0.2, 0) is 6.42 Å². The van der Waals surface area contributed by atoms with Gasteiger partial charge in [0.05, 0.1) is 28.9 Å². The van der Waals surface area contributed by atoms with Gasteiger partial charge >= 0.3 is 5.97 Å². The summed E-state index contributed by atoms with van der Waals surface area (Å²) in [5, 5.41) is 17.9. The molecule has 6 aromatic rings. The predicted molar refractivity (Wildman–Crippen MR) is 152 cm³/mol. The molecule has 8 heteroatoms. The number of fused-ring (bicyclic) bond motifs is 2. The lowest BCUT2D eigenvalue weighted by Gasteiger charge is -2.16. The van der Waals surface area contributed by atoms with Gasteiger partial charge in [0.2, 0.25) is 0 Å². The van der Waals surface area contributed by atoms with Gasteiger partial charge in [0, 0.05) is 41.0 Å². The fraction of sp³-hybridized carbons (Fsp3) is 0.0938. The molecule has 2 aromatic carbocycles. The van der Waals surface area contributed by atoms with Crippen molar-refractivity contribution in [3.8, 4) is 11.1 Å². The molecule has 0 unspecified atom stereocenters. The van der Waals surface area contributed by atoms with E-state index >= 15 is 0 Å². The molecule has 0 saturated heterocycles. The van der Waals surface area contributed by atoms with Crippen LogP contribution in [0.15, 0.2) is 104 Å². The molecule has 196 valence electrons. The zero-order valence-electron chi connectivity index (χ0n) is 21.7. The van der Waals surface area contributed by atoms with Crippen LogP contribution in [0.25, 0.3) is 27.7 Å². The molecule has 4 aromatic heterocycles. The van der Waals surface area contributed by atoms with E-state index < -0.39 is 5.97 Å². The number of nitrogens with one attached hydrogen (secondary N) is 1. The lowest BCUT2D eigenvalue weighted by Crippen LogP contribution is -2.27. The second-order valence-electron chi connectivity index (χ2n) is 9.62. The number of hydrogen-bond donors (Lipinski definition) is 2. The number of aromatic carboxylic acids is 1. The van der Waals surface area contributed by atoms with E-state index in [0.29, 0.717) is 23.1 Å². The standard InChI is InChI=1S/C32H25N5O3/c1-20(21-9-11-24(12-10-21)32(39)40)35-31(38)28-17-26(22-6-3-2-4-7-22)19-37-29(28)25(18-34-37)16-27-14-13-23-8-5-15-33-30(23)36-27/h2-15,17-20H,16H2,1H3,(H,35,38)(H,39,40)/t20-/m0/s1. The molecule has 2 N–H and O–H groups in total. The van der Waals surface area contributed by atoms with Gasteiger partial charge in [0.25, 0.3) is 5.91 Å². The summed E-state index contributed by atoms with van der Waals surface area (Å²) in [5.74, 6) is -1.25. The number of benzene rings is 2. The molecule has 1 atom stereocenters. The van der Waals surface area contributed by atoms with E-state index in [0.717, 1.165) is 33.3 Å². The maximum Gasteiger partial charge on any atom is 0.335 e. The fourth-order valence-corrected chi connectivity index (χ4v) is 4.83. The maximum atomic E-state index is 13.8. The highest BCUT2D eigenvalue weighted by Crippen LogP contribution is 2.27. The lowest BCUT2D eigenvalue weighted by atomic mass is 10.0. The van der Waals surface area contributed by atoms with E-state index in [1.165, 1.54) is 12.1 Å². The second kappa shape index (κ2) is 10.4. The minimum atomic E-state index is -0.992. The first-order valence-electron chi connectivity index (χ1n) is 12.9. The van der Waals surface area contributed by atoms with Crippen molar-refractivity contribution in [1.29, 1.82) is 0 Å². The predicted octanol–water partition coefficient (Wildman–Crippen LogP) is 5.72. The third-order valence-electron chi connectivity index (χ3n) is 6.94. The maximum absolute atomic E-state index is 13.8. The largest absolute Gasteiger partial charge is 0.478 e. The average molecular weight is 528 g/mol. The van der Waals surface area contributed by atoms with E-state index in [2.05, 4.69) is 15.4 Å². The topological polar surface area (TPSA) is 109 Å². The van der Waals surface area contributed by atoms with Crippen LogP contribution in [0.5, 0.6) is 0 Å². The molecule has 1 amide bonds. The molecule has 0 fully saturated rings. The molecule has 0 aliphatic rings. The molecule has 0 aliphatic carbocycles. The van der Waals surface area contributed by atoms with Crippen molar-refractivity contribution < 1.29 is 14.7 Å². The van der Waals surface area contributed by atoms with Crippen LogP contribution in [0.4, 0.5) is 0 Å². The summed E-state index contributed by atoms with van der Waals surface area (Å²) in [4.78, 5) is 34.1. The van der Waals surface area contributed by atoms with Crippen LogP contribution in [0.2, 0.25) is 0 Å². The van der Waals surface area contributed by atoms with Crippen molar-refractivity contribution in [3.05, 3.63) is 131 Å². The smallest absolute Gasteiger partial charge is 0.335 e. The molecular formula is C32H25N5O3. The Balaban J connectivity index is 1.39. The highest BCUT2D eigenvalue weighted by molar-refractivity contribution is 6.03. The molecule has 40 heavy (non-hydrogen) atoms. The summed E-state index contributed by atoms with van der Waals surface area (Å²) in [7, 11) is 0. The van der Waals surface area contributed by atoms with Crippen molar-refractivity contribution in [2.75, 3.05) is 0 Å². The van der Waals surface area contributed by atoms with Gasteiger partial charge in [-0.1, -0.05) is 42.5 Å². The Morgan fingerprint density at radius 3 is 2.52 bits per heavy atom. The van der Waals surface area contributed by atoms with Crippen molar-refractivity contribution in [2.45, 2.75) is 19.4 Å². The Morgan fingerprint density at radius 2 is 1.75 bits per heavy atom. The SMILES string of the molecule is C[C@H](NC(=O)c1cc(-c2ccccc2)cn2ncc(Cc3ccc4cccnc4n3)c12)c1ccc(C(=O)O)cc1. The van der Waals surface area contributed by atoms with Crippen LogP contribution in [-0.4, -0.2) is 36.6 Å². The van der Waals surface area contributed by atoms with Gasteiger partial charge in [0.15, 0.2) is 5.65 Å². The number of pyridine rings is 3. The molecule has 0 aliphatic heterocycles. The summed E-state index contributed by atoms with van der Waals surface area (Å²) < 4.78 is 1.75. The van der Waals surface area contributed by atoms with Gasteiger partial charge in [0.1, 0.15) is 0 Å². The first-order chi connectivity index (χ1) is 19.5. The molecule has 0 saturated carbocycles. The van der Waals surface area contributed by atoms with Gasteiger partial charge in [-0.3, -0.25) is 4.79 Å². The minimum absolute atomic E-state index is 0.195. The van der Waals surface area contributed by atoms with Gasteiger partial charge in [-0.25, -0.2) is 19.3 Å². The lowest BCUT2D eigenvalue weighted by molar-refractivity contribution is 0.0696. The minimum Gasteiger partial charge on any atom is -0.478 e. The van der Waals surface area contributed by atoms with Gasteiger partial charge in [-0.05, 0) is 60.5 Å². The van der Waals surface area contributed by atoms with Crippen molar-refractivity contribution >= 4 is 28.4 Å². The van der Waals surface area contributed by atoms with E-state index in [1.807, 2.05) is 73.8 Å². The molecule has 6 rings (SSSR count). The van der Waals surface area contributed by atoms with Crippen LogP contribution >= 0.6 is 0 Å². The number of amides is 1. The quantitative estimate of drug-likeness (QED) is 0.275. The highest BCUT2D eigenvalue weighted by atomic mass is 16.4. The van der Waals surface area contributed by atoms with E-state index in [-0.39, 0.29) is 17.5 Å². The number of nitrogens with zero attached hydrogens (tertiary/aromatic N) is 4. The molecule has 4 heterocycles. The highest BCUT2D eigenvalue weighted by Gasteiger charge is 2.20. The Hall–Kier alpha value is -5.37. The van der Waals surface area contributed by atoms with Gasteiger partial charge in [-0.15, -0.1) is 0 Å². The average Bonchev–Trinajstić information content (AvgIpc) is 3.39. The van der Waals surface area contributed by atoms with Crippen molar-refractivity contribution in [2.24, 2.45) is 0 Å². The van der Waals surface area contributed by atoms with Crippen LogP contribution in [0.3, 0.4) is 0 Å². The Morgan fingerprint density at radius 1 is 0.950 bits per heavy atom. The molecular weight excluding hydrogens is 502 g/mol. The van der Waals surface area contributed by atoms with Crippen LogP contribution in [0.1, 0.15) is 50.5 Å². The zero-order chi connectivity index (χ0) is 27.6. The summed E-state index contributed by atoms with van der Waals surface area (Å²) in [6, 6.07) is 25.7. The first-order valence-corrected chi connectivity index (χ1v) is 12.9. The van der Waals surface area contributed by atoms with Crippen LogP contribution in [0, 0.1) is 0 Å². The summed E-state index contributed by atoms with van der Waals surface area (Å²) in [6.45, 7) is 1.87. The third kappa shape index (κ3) is 4.90. The van der Waals surface area contributed by atoms with Gasteiger partial charge in [-0.2, -0.15) is 5.10 Å². The Kier molecular flexibility index (Phi) is 6.49. The number of carbonyl (C=O) groups is 2. The molecule has 8 nitrogen and oxygen atoms in total. The van der Waals surface area contributed by atoms with E-state index in [9.17, 15) is 14.7 Å². The van der Waals surface area contributed by atoms with E-state index in [1.54, 1.807) is 29.0 Å².